The first-order chi connectivity index (χ1) is 9.60. The van der Waals surface area contributed by atoms with Crippen molar-refractivity contribution in [2.24, 2.45) is 0 Å². The highest BCUT2D eigenvalue weighted by atomic mass is 16.7. The first kappa shape index (κ1) is 18.2. The topological polar surface area (TPSA) is 38.8 Å². The minimum atomic E-state index is -0.299. The molecule has 0 unspecified atom stereocenters. The molecule has 1 saturated heterocycles. The number of piperidine rings is 1. The molecule has 4 nitrogen and oxygen atoms in total. The molecule has 0 aromatic heterocycles. The third-order valence-corrected chi connectivity index (χ3v) is 3.89. The summed E-state index contributed by atoms with van der Waals surface area (Å²) in [5, 5.41) is 2.10. The Bertz CT molecular complexity index is 369. The zero-order valence-electron chi connectivity index (χ0n) is 14.5. The van der Waals surface area contributed by atoms with Crippen molar-refractivity contribution >= 4 is 5.97 Å². The fourth-order valence-corrected chi connectivity index (χ4v) is 3.16. The molecule has 1 fully saturated rings. The van der Waals surface area contributed by atoms with Crippen LogP contribution >= 0.6 is 0 Å². The Labute approximate surface area is 129 Å². The predicted molar refractivity (Wildman–Crippen MR) is 84.8 cm³/mol. The molecule has 0 bridgehead atoms. The lowest BCUT2D eigenvalue weighted by atomic mass is 9.80. The summed E-state index contributed by atoms with van der Waals surface area (Å²) in [5.41, 5.74) is 0.109. The summed E-state index contributed by atoms with van der Waals surface area (Å²) in [4.78, 5) is 17.8. The van der Waals surface area contributed by atoms with Crippen molar-refractivity contribution in [2.75, 3.05) is 6.61 Å². The van der Waals surface area contributed by atoms with Crippen LogP contribution in [0.25, 0.3) is 0 Å². The van der Waals surface area contributed by atoms with Gasteiger partial charge in [0.2, 0.25) is 0 Å². The van der Waals surface area contributed by atoms with Crippen LogP contribution in [0.15, 0.2) is 12.2 Å². The number of hydrogen-bond donors (Lipinski definition) is 0. The van der Waals surface area contributed by atoms with Crippen LogP contribution in [0.3, 0.4) is 0 Å². The summed E-state index contributed by atoms with van der Waals surface area (Å²) in [6.07, 6.45) is 3.61. The molecule has 0 N–H and O–H groups in total. The SMILES string of the molecule is C=C(C)C(=O)OC1CC(C)(C)N(OCCCC)C(C)(C)C1. The van der Waals surface area contributed by atoms with Gasteiger partial charge in [-0.25, -0.2) is 4.79 Å². The number of ether oxygens (including phenoxy) is 1. The van der Waals surface area contributed by atoms with Gasteiger partial charge in [0.15, 0.2) is 0 Å². The summed E-state index contributed by atoms with van der Waals surface area (Å²) < 4.78 is 5.58. The maximum atomic E-state index is 11.8. The number of carbonyl (C=O) groups excluding carboxylic acids is 1. The van der Waals surface area contributed by atoms with E-state index in [0.29, 0.717) is 5.57 Å². The second-order valence-electron chi connectivity index (χ2n) is 7.32. The van der Waals surface area contributed by atoms with Crippen LogP contribution in [0.5, 0.6) is 0 Å². The minimum Gasteiger partial charge on any atom is -0.459 e. The van der Waals surface area contributed by atoms with Crippen molar-refractivity contribution in [3.05, 3.63) is 12.2 Å². The monoisotopic (exact) mass is 297 g/mol. The van der Waals surface area contributed by atoms with Crippen molar-refractivity contribution in [2.45, 2.75) is 84.4 Å². The van der Waals surface area contributed by atoms with Crippen molar-refractivity contribution in [3.63, 3.8) is 0 Å². The first-order valence-electron chi connectivity index (χ1n) is 7.90. The van der Waals surface area contributed by atoms with Crippen molar-refractivity contribution in [1.29, 1.82) is 0 Å². The highest BCUT2D eigenvalue weighted by Gasteiger charge is 2.47. The third kappa shape index (κ3) is 4.82. The van der Waals surface area contributed by atoms with Gasteiger partial charge in [-0.1, -0.05) is 19.9 Å². The molecule has 0 aromatic carbocycles. The maximum absolute atomic E-state index is 11.8. The summed E-state index contributed by atoms with van der Waals surface area (Å²) in [6.45, 7) is 16.8. The van der Waals surface area contributed by atoms with E-state index in [-0.39, 0.29) is 23.2 Å². The largest absolute Gasteiger partial charge is 0.459 e. The van der Waals surface area contributed by atoms with Gasteiger partial charge in [-0.15, -0.1) is 0 Å². The lowest BCUT2D eigenvalue weighted by Crippen LogP contribution is -2.62. The molecule has 1 rings (SSSR count). The van der Waals surface area contributed by atoms with E-state index in [1.165, 1.54) is 0 Å². The van der Waals surface area contributed by atoms with E-state index in [9.17, 15) is 4.79 Å². The molecule has 0 amide bonds. The van der Waals surface area contributed by atoms with Crippen molar-refractivity contribution in [1.82, 2.24) is 5.06 Å². The van der Waals surface area contributed by atoms with Crippen LogP contribution < -0.4 is 0 Å². The lowest BCUT2D eigenvalue weighted by molar-refractivity contribution is -0.293. The third-order valence-electron chi connectivity index (χ3n) is 3.89. The van der Waals surface area contributed by atoms with Gasteiger partial charge in [0.25, 0.3) is 0 Å². The van der Waals surface area contributed by atoms with Gasteiger partial charge in [0.1, 0.15) is 6.10 Å². The zero-order valence-corrected chi connectivity index (χ0v) is 14.5. The number of hydrogen-bond acceptors (Lipinski definition) is 4. The van der Waals surface area contributed by atoms with E-state index < -0.39 is 0 Å². The van der Waals surface area contributed by atoms with Crippen LogP contribution in [0, 0.1) is 0 Å². The van der Waals surface area contributed by atoms with Gasteiger partial charge in [-0.2, -0.15) is 5.06 Å². The Morgan fingerprint density at radius 1 is 1.24 bits per heavy atom. The maximum Gasteiger partial charge on any atom is 0.333 e. The van der Waals surface area contributed by atoms with Gasteiger partial charge in [-0.05, 0) is 41.0 Å². The number of hydroxylamine groups is 2. The molecule has 0 radical (unpaired) electrons. The normalized spacial score (nSPS) is 22.0. The zero-order chi connectivity index (χ0) is 16.3. The summed E-state index contributed by atoms with van der Waals surface area (Å²) in [7, 11) is 0. The average Bonchev–Trinajstić information content (AvgIpc) is 2.31. The molecule has 0 spiro atoms. The molecule has 0 atom stereocenters. The van der Waals surface area contributed by atoms with Crippen LogP contribution in [0.1, 0.15) is 67.2 Å². The molecule has 0 aromatic rings. The van der Waals surface area contributed by atoms with Gasteiger partial charge < -0.3 is 4.74 Å². The molecular formula is C17H31NO3. The standard InChI is InChI=1S/C17H31NO3/c1-8-9-10-20-18-16(4,5)11-14(12-17(18,6)7)21-15(19)13(2)3/h14H,2,8-12H2,1,3-7H3. The van der Waals surface area contributed by atoms with E-state index >= 15 is 0 Å². The molecule has 0 aliphatic carbocycles. The van der Waals surface area contributed by atoms with E-state index in [1.54, 1.807) is 6.92 Å². The number of unbranched alkanes of at least 4 members (excludes halogenated alkanes) is 1. The molecule has 4 heteroatoms. The number of carbonyl (C=O) groups is 1. The molecule has 122 valence electrons. The number of esters is 1. The Balaban J connectivity index is 2.77. The van der Waals surface area contributed by atoms with Gasteiger partial charge in [0, 0.05) is 29.5 Å². The Morgan fingerprint density at radius 2 is 1.76 bits per heavy atom. The van der Waals surface area contributed by atoms with Crippen molar-refractivity contribution in [3.8, 4) is 0 Å². The lowest BCUT2D eigenvalue weighted by Gasteiger charge is -2.53. The molecule has 21 heavy (non-hydrogen) atoms. The summed E-state index contributed by atoms with van der Waals surface area (Å²) in [6, 6.07) is 0. The minimum absolute atomic E-state index is 0.0924. The van der Waals surface area contributed by atoms with Crippen LogP contribution in [0.2, 0.25) is 0 Å². The fourth-order valence-electron chi connectivity index (χ4n) is 3.16. The highest BCUT2D eigenvalue weighted by molar-refractivity contribution is 5.87. The van der Waals surface area contributed by atoms with Gasteiger partial charge >= 0.3 is 5.97 Å². The average molecular weight is 297 g/mol. The van der Waals surface area contributed by atoms with Gasteiger partial charge in [-0.3, -0.25) is 4.84 Å². The summed E-state index contributed by atoms with van der Waals surface area (Å²) >= 11 is 0. The van der Waals surface area contributed by atoms with Crippen LogP contribution in [0.4, 0.5) is 0 Å². The molecular weight excluding hydrogens is 266 g/mol. The van der Waals surface area contributed by atoms with E-state index in [1.807, 2.05) is 0 Å². The quantitative estimate of drug-likeness (QED) is 0.424. The van der Waals surface area contributed by atoms with Crippen molar-refractivity contribution < 1.29 is 14.4 Å². The number of nitrogens with zero attached hydrogens (tertiary/aromatic N) is 1. The van der Waals surface area contributed by atoms with E-state index in [0.717, 1.165) is 32.3 Å². The Hall–Kier alpha value is -0.870. The van der Waals surface area contributed by atoms with Crippen LogP contribution in [-0.2, 0) is 14.4 Å². The Morgan fingerprint density at radius 3 is 2.19 bits per heavy atom. The smallest absolute Gasteiger partial charge is 0.333 e. The molecule has 1 heterocycles. The highest BCUT2D eigenvalue weighted by Crippen LogP contribution is 2.40. The molecule has 0 saturated carbocycles. The van der Waals surface area contributed by atoms with Gasteiger partial charge in [0.05, 0.1) is 6.61 Å². The molecule has 1 aliphatic heterocycles. The first-order valence-corrected chi connectivity index (χ1v) is 7.90. The van der Waals surface area contributed by atoms with E-state index in [2.05, 4.69) is 46.3 Å². The second kappa shape index (κ2) is 6.93. The predicted octanol–water partition coefficient (Wildman–Crippen LogP) is 3.86. The summed E-state index contributed by atoms with van der Waals surface area (Å²) in [5.74, 6) is -0.299. The fraction of sp³-hybridized carbons (Fsp3) is 0.824. The Kier molecular flexibility index (Phi) is 6.00. The van der Waals surface area contributed by atoms with Crippen LogP contribution in [-0.4, -0.2) is 34.8 Å². The molecule has 1 aliphatic rings. The number of rotatable bonds is 6. The second-order valence-corrected chi connectivity index (χ2v) is 7.32. The van der Waals surface area contributed by atoms with E-state index in [4.69, 9.17) is 9.57 Å².